The van der Waals surface area contributed by atoms with Gasteiger partial charge in [0.1, 0.15) is 0 Å². The Hall–Kier alpha value is -2.78. The van der Waals surface area contributed by atoms with Crippen molar-refractivity contribution < 1.29 is 22.7 Å². The van der Waals surface area contributed by atoms with E-state index in [1.807, 2.05) is 0 Å². The summed E-state index contributed by atoms with van der Waals surface area (Å²) in [5.41, 5.74) is -0.0248. The van der Waals surface area contributed by atoms with Gasteiger partial charge in [-0.2, -0.15) is 0 Å². The van der Waals surface area contributed by atoms with Crippen LogP contribution in [-0.2, 0) is 10.0 Å². The molecule has 0 fully saturated rings. The van der Waals surface area contributed by atoms with Crippen LogP contribution in [0.25, 0.3) is 11.1 Å². The maximum Gasteiger partial charge on any atom is 0.417 e. The number of carboxylic acid groups (broad SMARTS) is 1. The Morgan fingerprint density at radius 1 is 1.21 bits per heavy atom. The number of aromatic carboxylic acids is 1. The Kier molecular flexibility index (Phi) is 3.82. The van der Waals surface area contributed by atoms with Gasteiger partial charge in [0.15, 0.2) is 5.58 Å². The smallest absolute Gasteiger partial charge is 0.417 e. The van der Waals surface area contributed by atoms with Crippen molar-refractivity contribution in [1.82, 2.24) is 4.98 Å². The normalized spacial score (nSPS) is 11.5. The molecule has 124 valence electrons. The molecule has 0 aliphatic rings. The molecule has 3 aromatic rings. The van der Waals surface area contributed by atoms with Crippen molar-refractivity contribution in [3.8, 4) is 0 Å². The van der Waals surface area contributed by atoms with E-state index in [2.05, 4.69) is 9.71 Å². The molecular formula is C14H9ClN2O6S. The lowest BCUT2D eigenvalue weighted by molar-refractivity contribution is 0.0698. The largest absolute Gasteiger partial charge is 0.478 e. The molecule has 1 aromatic heterocycles. The summed E-state index contributed by atoms with van der Waals surface area (Å²) in [5, 5.41) is 9.31. The zero-order chi connectivity index (χ0) is 17.5. The van der Waals surface area contributed by atoms with E-state index in [0.29, 0.717) is 5.52 Å². The molecule has 3 N–H and O–H groups in total. The summed E-state index contributed by atoms with van der Waals surface area (Å²) in [6.07, 6.45) is 0. The number of rotatable bonds is 4. The van der Waals surface area contributed by atoms with Gasteiger partial charge in [0.05, 0.1) is 21.7 Å². The van der Waals surface area contributed by atoms with Gasteiger partial charge in [-0.1, -0.05) is 11.6 Å². The Labute approximate surface area is 139 Å². The molecule has 0 unspecified atom stereocenters. The van der Waals surface area contributed by atoms with E-state index in [1.165, 1.54) is 30.3 Å². The average molecular weight is 369 g/mol. The molecule has 2 aromatic carbocycles. The molecule has 0 atom stereocenters. The Morgan fingerprint density at radius 3 is 2.67 bits per heavy atom. The molecule has 8 nitrogen and oxygen atoms in total. The Balaban J connectivity index is 2.06. The van der Waals surface area contributed by atoms with Gasteiger partial charge in [0.2, 0.25) is 0 Å². The summed E-state index contributed by atoms with van der Waals surface area (Å²) in [6.45, 7) is 0. The summed E-state index contributed by atoms with van der Waals surface area (Å²) >= 11 is 5.80. The molecule has 0 bridgehead atoms. The molecule has 0 aliphatic heterocycles. The van der Waals surface area contributed by atoms with E-state index in [-0.39, 0.29) is 26.8 Å². The van der Waals surface area contributed by atoms with Crippen molar-refractivity contribution in [2.75, 3.05) is 4.72 Å². The van der Waals surface area contributed by atoms with Crippen LogP contribution in [-0.4, -0.2) is 24.5 Å². The summed E-state index contributed by atoms with van der Waals surface area (Å²) < 4.78 is 31.9. The quantitative estimate of drug-likeness (QED) is 0.647. The van der Waals surface area contributed by atoms with E-state index in [9.17, 15) is 18.0 Å². The topological polar surface area (TPSA) is 129 Å². The second-order valence-electron chi connectivity index (χ2n) is 4.77. The number of oxazole rings is 1. The first-order chi connectivity index (χ1) is 11.3. The van der Waals surface area contributed by atoms with Crippen LogP contribution >= 0.6 is 11.6 Å². The highest BCUT2D eigenvalue weighted by Crippen LogP contribution is 2.25. The van der Waals surface area contributed by atoms with E-state index in [0.717, 1.165) is 6.07 Å². The van der Waals surface area contributed by atoms with E-state index in [1.54, 1.807) is 0 Å². The first-order valence-corrected chi connectivity index (χ1v) is 8.31. The number of carbonyl (C=O) groups is 1. The predicted molar refractivity (Wildman–Crippen MR) is 86.1 cm³/mol. The minimum absolute atomic E-state index is 0.0624. The van der Waals surface area contributed by atoms with Gasteiger partial charge >= 0.3 is 11.7 Å². The fourth-order valence-corrected chi connectivity index (χ4v) is 3.34. The maximum atomic E-state index is 12.5. The van der Waals surface area contributed by atoms with Crippen molar-refractivity contribution in [1.29, 1.82) is 0 Å². The van der Waals surface area contributed by atoms with Crippen LogP contribution in [0.3, 0.4) is 0 Å². The number of aromatic amines is 1. The molecule has 10 heteroatoms. The second-order valence-corrected chi connectivity index (χ2v) is 6.89. The van der Waals surface area contributed by atoms with Gasteiger partial charge in [0.25, 0.3) is 10.0 Å². The minimum Gasteiger partial charge on any atom is -0.478 e. The third kappa shape index (κ3) is 2.99. The molecular weight excluding hydrogens is 360 g/mol. The summed E-state index contributed by atoms with van der Waals surface area (Å²) in [5.74, 6) is -2.02. The number of sulfonamides is 1. The van der Waals surface area contributed by atoms with Crippen LogP contribution in [0.1, 0.15) is 10.4 Å². The van der Waals surface area contributed by atoms with Crippen LogP contribution in [0.15, 0.2) is 50.5 Å². The highest BCUT2D eigenvalue weighted by molar-refractivity contribution is 7.92. The minimum atomic E-state index is -4.12. The van der Waals surface area contributed by atoms with Crippen LogP contribution in [0.4, 0.5) is 5.69 Å². The van der Waals surface area contributed by atoms with Crippen LogP contribution in [0.5, 0.6) is 0 Å². The lowest BCUT2D eigenvalue weighted by atomic mass is 10.2. The highest BCUT2D eigenvalue weighted by atomic mass is 35.5. The average Bonchev–Trinajstić information content (AvgIpc) is 2.85. The number of hydrogen-bond donors (Lipinski definition) is 3. The zero-order valence-electron chi connectivity index (χ0n) is 11.7. The van der Waals surface area contributed by atoms with Gasteiger partial charge < -0.3 is 9.52 Å². The molecule has 0 saturated carbocycles. The van der Waals surface area contributed by atoms with Gasteiger partial charge in [-0.25, -0.2) is 18.0 Å². The first-order valence-electron chi connectivity index (χ1n) is 6.45. The first kappa shape index (κ1) is 16.1. The van der Waals surface area contributed by atoms with Gasteiger partial charge in [-0.15, -0.1) is 0 Å². The number of hydrogen-bond acceptors (Lipinski definition) is 5. The van der Waals surface area contributed by atoms with E-state index in [4.69, 9.17) is 21.1 Å². The summed E-state index contributed by atoms with van der Waals surface area (Å²) in [4.78, 5) is 24.5. The monoisotopic (exact) mass is 368 g/mol. The highest BCUT2D eigenvalue weighted by Gasteiger charge is 2.20. The number of benzene rings is 2. The maximum absolute atomic E-state index is 12.5. The number of H-pyrrole nitrogens is 1. The third-order valence-electron chi connectivity index (χ3n) is 3.16. The van der Waals surface area contributed by atoms with Crippen molar-refractivity contribution in [2.24, 2.45) is 0 Å². The molecule has 1 heterocycles. The predicted octanol–water partition coefficient (Wildman–Crippen LogP) is 2.27. The molecule has 0 aliphatic carbocycles. The fourth-order valence-electron chi connectivity index (χ4n) is 2.08. The van der Waals surface area contributed by atoms with E-state index < -0.39 is 21.7 Å². The Bertz CT molecular complexity index is 1120. The number of halogens is 1. The molecule has 0 saturated heterocycles. The van der Waals surface area contributed by atoms with E-state index >= 15 is 0 Å². The molecule has 0 amide bonds. The zero-order valence-corrected chi connectivity index (χ0v) is 13.3. The number of anilines is 1. The SMILES string of the molecule is O=C(O)c1ccc(Cl)cc1NS(=O)(=O)c1ccc2[nH]c(=O)oc2c1. The fraction of sp³-hybridized carbons (Fsp3) is 0. The van der Waals surface area contributed by atoms with Gasteiger partial charge in [-0.05, 0) is 30.3 Å². The molecule has 0 spiro atoms. The van der Waals surface area contributed by atoms with Gasteiger partial charge in [0, 0.05) is 11.1 Å². The summed E-state index contributed by atoms with van der Waals surface area (Å²) in [7, 11) is -4.12. The summed E-state index contributed by atoms with van der Waals surface area (Å²) in [6, 6.07) is 7.49. The number of nitrogens with one attached hydrogen (secondary N) is 2. The number of fused-ring (bicyclic) bond motifs is 1. The van der Waals surface area contributed by atoms with Crippen molar-refractivity contribution in [2.45, 2.75) is 4.90 Å². The van der Waals surface area contributed by atoms with Crippen LogP contribution in [0, 0.1) is 0 Å². The van der Waals surface area contributed by atoms with Crippen LogP contribution < -0.4 is 10.5 Å². The second kappa shape index (κ2) is 5.69. The van der Waals surface area contributed by atoms with Crippen molar-refractivity contribution in [3.63, 3.8) is 0 Å². The lowest BCUT2D eigenvalue weighted by Gasteiger charge is -2.11. The Morgan fingerprint density at radius 2 is 1.96 bits per heavy atom. The van der Waals surface area contributed by atoms with Crippen molar-refractivity contribution in [3.05, 3.63) is 57.5 Å². The molecule has 0 radical (unpaired) electrons. The number of carboxylic acids is 1. The number of aromatic nitrogens is 1. The van der Waals surface area contributed by atoms with Gasteiger partial charge in [-0.3, -0.25) is 9.71 Å². The standard InChI is InChI=1S/C14H9ClN2O6S/c15-7-1-3-9(13(18)19)11(5-7)17-24(21,22)8-2-4-10-12(6-8)23-14(20)16-10/h1-6,17H,(H,16,20)(H,18,19). The lowest BCUT2D eigenvalue weighted by Crippen LogP contribution is -2.15. The van der Waals surface area contributed by atoms with Crippen LogP contribution in [0.2, 0.25) is 5.02 Å². The third-order valence-corrected chi connectivity index (χ3v) is 4.76. The molecule has 3 rings (SSSR count). The molecule has 24 heavy (non-hydrogen) atoms. The van der Waals surface area contributed by atoms with Crippen molar-refractivity contribution >= 4 is 44.4 Å².